The molecule has 4 rings (SSSR count). The lowest BCUT2D eigenvalue weighted by molar-refractivity contribution is -0.218. The lowest BCUT2D eigenvalue weighted by Crippen LogP contribution is -2.52. The van der Waals surface area contributed by atoms with E-state index in [4.69, 9.17) is 14.2 Å². The number of allylic oxidation sites excluding steroid dienone is 1. The molecule has 0 bridgehead atoms. The number of aryl methyl sites for hydroxylation is 1. The summed E-state index contributed by atoms with van der Waals surface area (Å²) >= 11 is 0. The fourth-order valence-electron chi connectivity index (χ4n) is 5.32. The Labute approximate surface area is 260 Å². The molecule has 3 unspecified atom stereocenters. The highest BCUT2D eigenvalue weighted by molar-refractivity contribution is 6.01. The molecule has 1 heterocycles. The Bertz CT molecular complexity index is 1520. The van der Waals surface area contributed by atoms with Crippen LogP contribution in [-0.2, 0) is 35.1 Å². The van der Waals surface area contributed by atoms with E-state index >= 15 is 0 Å². The van der Waals surface area contributed by atoms with Gasteiger partial charge >= 0.3 is 23.7 Å². The zero-order chi connectivity index (χ0) is 32.6. The molecule has 1 saturated heterocycles. The van der Waals surface area contributed by atoms with Crippen LogP contribution in [0, 0.1) is 0 Å². The number of carboxylic acid groups (broad SMARTS) is 3. The number of aliphatic carboxylic acids is 3. The molecular formula is C34H35NO10. The van der Waals surface area contributed by atoms with Crippen molar-refractivity contribution in [1.82, 2.24) is 4.90 Å². The molecule has 45 heavy (non-hydrogen) atoms. The van der Waals surface area contributed by atoms with E-state index in [9.17, 15) is 34.5 Å². The van der Waals surface area contributed by atoms with Gasteiger partial charge in [-0.2, -0.15) is 0 Å². The molecule has 0 spiro atoms. The summed E-state index contributed by atoms with van der Waals surface area (Å²) in [6.45, 7) is 2.24. The first-order valence-electron chi connectivity index (χ1n) is 14.4. The normalized spacial score (nSPS) is 17.0. The highest BCUT2D eigenvalue weighted by atomic mass is 16.8. The Balaban J connectivity index is 1.62. The number of carboxylic acids is 3. The molecule has 11 heteroatoms. The van der Waals surface area contributed by atoms with E-state index in [1.807, 2.05) is 85.8 Å². The molecule has 1 amide bonds. The zero-order valence-corrected chi connectivity index (χ0v) is 24.9. The molecule has 3 N–H and O–H groups in total. The number of hydrogen-bond donors (Lipinski definition) is 3. The van der Waals surface area contributed by atoms with E-state index in [0.717, 1.165) is 21.6 Å². The molecule has 3 aromatic rings. The Kier molecular flexibility index (Phi) is 10.7. The van der Waals surface area contributed by atoms with Gasteiger partial charge in [-0.15, -0.1) is 0 Å². The van der Waals surface area contributed by atoms with Gasteiger partial charge in [0.1, 0.15) is 18.0 Å². The summed E-state index contributed by atoms with van der Waals surface area (Å²) in [6.07, 6.45) is 3.40. The average molecular weight is 618 g/mol. The van der Waals surface area contributed by atoms with Crippen molar-refractivity contribution in [1.29, 1.82) is 0 Å². The van der Waals surface area contributed by atoms with E-state index in [0.29, 0.717) is 24.3 Å². The highest BCUT2D eigenvalue weighted by Crippen LogP contribution is 2.33. The van der Waals surface area contributed by atoms with Gasteiger partial charge in [0, 0.05) is 12.0 Å². The van der Waals surface area contributed by atoms with E-state index in [1.54, 1.807) is 19.1 Å². The second kappa shape index (κ2) is 14.7. The molecule has 0 saturated carbocycles. The van der Waals surface area contributed by atoms with Gasteiger partial charge in [0.05, 0.1) is 6.61 Å². The van der Waals surface area contributed by atoms with Crippen LogP contribution in [0.1, 0.15) is 42.9 Å². The summed E-state index contributed by atoms with van der Waals surface area (Å²) in [5, 5.41) is 28.6. The fourth-order valence-corrected chi connectivity index (χ4v) is 5.32. The smallest absolute Gasteiger partial charge is 0.377 e. The zero-order valence-electron chi connectivity index (χ0n) is 24.9. The van der Waals surface area contributed by atoms with Crippen molar-refractivity contribution in [2.75, 3.05) is 13.2 Å². The summed E-state index contributed by atoms with van der Waals surface area (Å²) in [7, 11) is 0. The number of nitrogens with zero attached hydrogens (tertiary/aromatic N) is 1. The van der Waals surface area contributed by atoms with Gasteiger partial charge in [-0.05, 0) is 67.6 Å². The molecule has 0 aliphatic carbocycles. The minimum Gasteiger partial charge on any atom is -0.480 e. The van der Waals surface area contributed by atoms with Crippen molar-refractivity contribution in [2.45, 2.75) is 50.5 Å². The van der Waals surface area contributed by atoms with Gasteiger partial charge in [-0.3, -0.25) is 9.59 Å². The number of benzene rings is 3. The maximum atomic E-state index is 13.6. The van der Waals surface area contributed by atoms with Crippen LogP contribution in [0.15, 0.2) is 84.9 Å². The SMILES string of the molecule is C/C=C\c1cccc(Oc2ccc(C(CCc3ccccc3)C(C)N(CC(=O)O)C(=O)C3COC(C(=O)O)(C(=O)O)O3)cc2)c1. The minimum atomic E-state index is -3.06. The van der Waals surface area contributed by atoms with Gasteiger partial charge in [0.25, 0.3) is 5.91 Å². The number of amides is 1. The van der Waals surface area contributed by atoms with Crippen molar-refractivity contribution >= 4 is 29.9 Å². The van der Waals surface area contributed by atoms with E-state index in [-0.39, 0.29) is 5.92 Å². The predicted octanol–water partition coefficient (Wildman–Crippen LogP) is 4.81. The van der Waals surface area contributed by atoms with Gasteiger partial charge in [-0.1, -0.05) is 66.7 Å². The number of ether oxygens (including phenoxy) is 3. The second-order valence-corrected chi connectivity index (χ2v) is 10.6. The van der Waals surface area contributed by atoms with Crippen LogP contribution in [0.5, 0.6) is 11.5 Å². The number of carbonyl (C=O) groups excluding carboxylic acids is 1. The van der Waals surface area contributed by atoms with Crippen LogP contribution < -0.4 is 4.74 Å². The molecule has 3 atom stereocenters. The molecule has 236 valence electrons. The molecule has 1 aliphatic heterocycles. The quantitative estimate of drug-likeness (QED) is 0.214. The largest absolute Gasteiger partial charge is 0.480 e. The molecule has 0 aromatic heterocycles. The summed E-state index contributed by atoms with van der Waals surface area (Å²) < 4.78 is 16.1. The van der Waals surface area contributed by atoms with E-state index in [2.05, 4.69) is 0 Å². The summed E-state index contributed by atoms with van der Waals surface area (Å²) in [5.41, 5.74) is 2.85. The highest BCUT2D eigenvalue weighted by Gasteiger charge is 2.58. The third kappa shape index (κ3) is 7.94. The summed E-state index contributed by atoms with van der Waals surface area (Å²) in [6, 6.07) is 23.9. The van der Waals surface area contributed by atoms with Crippen LogP contribution in [0.2, 0.25) is 0 Å². The first-order valence-corrected chi connectivity index (χ1v) is 14.4. The van der Waals surface area contributed by atoms with Gasteiger partial charge in [0.2, 0.25) is 0 Å². The van der Waals surface area contributed by atoms with Crippen molar-refractivity contribution in [2.24, 2.45) is 0 Å². The lowest BCUT2D eigenvalue weighted by atomic mass is 9.85. The van der Waals surface area contributed by atoms with Crippen LogP contribution >= 0.6 is 0 Å². The Morgan fingerprint density at radius 2 is 1.64 bits per heavy atom. The van der Waals surface area contributed by atoms with Crippen LogP contribution in [0.25, 0.3) is 6.08 Å². The van der Waals surface area contributed by atoms with Crippen molar-refractivity contribution in [3.63, 3.8) is 0 Å². The topological polar surface area (TPSA) is 160 Å². The van der Waals surface area contributed by atoms with Crippen molar-refractivity contribution in [3.05, 3.63) is 102 Å². The van der Waals surface area contributed by atoms with Crippen LogP contribution in [-0.4, -0.2) is 75.1 Å². The molecule has 1 fully saturated rings. The number of rotatable bonds is 14. The molecule has 0 radical (unpaired) electrons. The van der Waals surface area contributed by atoms with Gasteiger partial charge < -0.3 is 34.4 Å². The standard InChI is InChI=1S/C34H35NO10/c1-3-8-24-11-7-12-27(19-24)44-26-16-14-25(15-17-26)28(18-13-23-9-5-4-6-10-23)22(2)35(20-30(36)37)31(38)29-21-43-34(45-29,32(39)40)33(41)42/h3-12,14-17,19,22,28-29H,13,18,20-21H2,1-2H3,(H,36,37)(H,39,40)(H,41,42)/b8-3-. The molecule has 11 nitrogen and oxygen atoms in total. The Morgan fingerprint density at radius 1 is 0.956 bits per heavy atom. The number of hydrogen-bond acceptors (Lipinski definition) is 7. The fraction of sp³-hybridized carbons (Fsp3) is 0.294. The third-order valence-corrected chi connectivity index (χ3v) is 7.60. The Hall–Kier alpha value is -5.00. The predicted molar refractivity (Wildman–Crippen MR) is 163 cm³/mol. The average Bonchev–Trinajstić information content (AvgIpc) is 3.49. The van der Waals surface area contributed by atoms with Gasteiger partial charge in [0.15, 0.2) is 6.10 Å². The first kappa shape index (κ1) is 32.9. The van der Waals surface area contributed by atoms with E-state index in [1.165, 1.54) is 0 Å². The third-order valence-electron chi connectivity index (χ3n) is 7.60. The van der Waals surface area contributed by atoms with Crippen LogP contribution in [0.4, 0.5) is 0 Å². The molecular weight excluding hydrogens is 582 g/mol. The second-order valence-electron chi connectivity index (χ2n) is 10.6. The van der Waals surface area contributed by atoms with Crippen molar-refractivity contribution < 1.29 is 48.7 Å². The maximum absolute atomic E-state index is 13.6. The summed E-state index contributed by atoms with van der Waals surface area (Å²) in [5.74, 6) is -8.26. The van der Waals surface area contributed by atoms with Crippen LogP contribution in [0.3, 0.4) is 0 Å². The number of carbonyl (C=O) groups is 4. The monoisotopic (exact) mass is 617 g/mol. The first-order chi connectivity index (χ1) is 21.5. The maximum Gasteiger partial charge on any atom is 0.377 e. The molecule has 1 aliphatic rings. The minimum absolute atomic E-state index is 0.383. The van der Waals surface area contributed by atoms with Crippen molar-refractivity contribution in [3.8, 4) is 11.5 Å². The lowest BCUT2D eigenvalue weighted by Gasteiger charge is -2.35. The Morgan fingerprint density at radius 3 is 2.24 bits per heavy atom. The van der Waals surface area contributed by atoms with Gasteiger partial charge in [-0.25, -0.2) is 9.59 Å². The summed E-state index contributed by atoms with van der Waals surface area (Å²) in [4.78, 5) is 49.9. The molecule has 3 aromatic carbocycles. The van der Waals surface area contributed by atoms with E-state index < -0.39 is 54.9 Å².